The summed E-state index contributed by atoms with van der Waals surface area (Å²) < 4.78 is 1.37. The zero-order chi connectivity index (χ0) is 44.6. The van der Waals surface area contributed by atoms with Crippen molar-refractivity contribution < 1.29 is 21.1 Å². The van der Waals surface area contributed by atoms with Gasteiger partial charge in [-0.15, -0.1) is 0 Å². The van der Waals surface area contributed by atoms with Gasteiger partial charge in [0, 0.05) is 47.2 Å². The summed E-state index contributed by atoms with van der Waals surface area (Å²) in [5.41, 5.74) is 0. The van der Waals surface area contributed by atoms with Crippen molar-refractivity contribution in [3.05, 3.63) is 0 Å². The van der Waals surface area contributed by atoms with Gasteiger partial charge in [0.1, 0.15) is 0 Å². The molecule has 2 atom stereocenters. The average Bonchev–Trinajstić information content (AvgIpc) is 3.24. The van der Waals surface area contributed by atoms with E-state index in [2.05, 4.69) is 51.3 Å². The summed E-state index contributed by atoms with van der Waals surface area (Å²) in [5, 5.41) is 0. The van der Waals surface area contributed by atoms with Crippen LogP contribution >= 0.6 is 24.4 Å². The Kier molecular flexibility index (Phi) is 72.0. The fourth-order valence-electron chi connectivity index (χ4n) is 8.70. The normalized spacial score (nSPS) is 11.7. The summed E-state index contributed by atoms with van der Waals surface area (Å²) in [4.78, 5) is 4.61. The van der Waals surface area contributed by atoms with Crippen LogP contribution in [0.2, 0.25) is 0 Å². The molecule has 0 aromatic rings. The van der Waals surface area contributed by atoms with Crippen molar-refractivity contribution in [3.63, 3.8) is 0 Å². The second-order valence-corrected chi connectivity index (χ2v) is 20.9. The molecule has 63 heavy (non-hydrogen) atoms. The molecular weight excluding hydrogens is 965 g/mol. The van der Waals surface area contributed by atoms with E-state index in [0.717, 1.165) is 38.0 Å². The molecule has 2 nitrogen and oxygen atoms in total. The zero-order valence-corrected chi connectivity index (χ0v) is 49.9. The van der Waals surface area contributed by atoms with Gasteiger partial charge >= 0.3 is 0 Å². The number of unbranched alkanes of at least 4 members (excludes halogenated alkanes) is 32. The fourth-order valence-corrected chi connectivity index (χ4v) is 9.36. The molecule has 0 amide bonds. The number of nitrogens with zero attached hydrogens (tertiary/aromatic N) is 2. The van der Waals surface area contributed by atoms with Crippen LogP contribution in [0, 0.1) is 11.8 Å². The molecule has 0 saturated heterocycles. The van der Waals surface area contributed by atoms with Gasteiger partial charge in [-0.3, -0.25) is 0 Å². The molecule has 0 spiro atoms. The van der Waals surface area contributed by atoms with Gasteiger partial charge in [0.15, 0.2) is 0 Å². The van der Waals surface area contributed by atoms with Crippen molar-refractivity contribution >= 4 is 85.3 Å². The molecular formula is C54H108MoN2S6-6. The molecule has 0 radical (unpaired) electrons. The first-order chi connectivity index (χ1) is 29.3. The maximum atomic E-state index is 5.35. The van der Waals surface area contributed by atoms with E-state index in [0.29, 0.717) is 8.64 Å². The monoisotopic (exact) mass is 1070 g/mol. The zero-order valence-electron chi connectivity index (χ0n) is 43.0. The summed E-state index contributed by atoms with van der Waals surface area (Å²) >= 11 is 21.4. The standard InChI is InChI=1S/2C27H55NS2.Mo.2S/c2*1-4-7-9-11-12-13-14-15-16-17-18-19-20-21-23-26(6-3)25-28(27(29)30)24-22-10-8-5-2;;;/h2*26H,4-25H2,1-3H3,(H,29,30);;;/q;;;2*-2/p-2. The Morgan fingerprint density at radius 1 is 0.333 bits per heavy atom. The van der Waals surface area contributed by atoms with Crippen LogP contribution in [0.3, 0.4) is 0 Å². The third-order valence-electron chi connectivity index (χ3n) is 13.1. The number of thiocarbonyl (C=S) groups is 2. The van der Waals surface area contributed by atoms with E-state index in [1.165, 1.54) is 257 Å². The Balaban J connectivity index is -0.000000340. The predicted octanol–water partition coefficient (Wildman–Crippen LogP) is 19.2. The van der Waals surface area contributed by atoms with Gasteiger partial charge in [-0.2, -0.15) is 0 Å². The Labute approximate surface area is 448 Å². The van der Waals surface area contributed by atoms with Crippen LogP contribution in [-0.4, -0.2) is 44.6 Å². The van der Waals surface area contributed by atoms with Crippen molar-refractivity contribution in [2.75, 3.05) is 26.2 Å². The van der Waals surface area contributed by atoms with E-state index >= 15 is 0 Å². The maximum Gasteiger partial charge on any atom is 0.0190 e. The summed E-state index contributed by atoms with van der Waals surface area (Å²) in [7, 11) is 0. The first kappa shape index (κ1) is 73.6. The van der Waals surface area contributed by atoms with Crippen LogP contribution in [0.5, 0.6) is 0 Å². The first-order valence-corrected chi connectivity index (χ1v) is 28.9. The average molecular weight is 1070 g/mol. The second kappa shape index (κ2) is 61.6. The molecule has 2 unspecified atom stereocenters. The third kappa shape index (κ3) is 56.1. The van der Waals surface area contributed by atoms with E-state index in [-0.39, 0.29) is 48.1 Å². The number of hydrogen-bond donors (Lipinski definition) is 0. The molecule has 9 heteroatoms. The first-order valence-electron chi connectivity index (χ1n) is 27.2. The van der Waals surface area contributed by atoms with Crippen LogP contribution in [0.4, 0.5) is 0 Å². The number of hydrogen-bond acceptors (Lipinski definition) is 4. The van der Waals surface area contributed by atoms with E-state index in [4.69, 9.17) is 49.7 Å². The van der Waals surface area contributed by atoms with Crippen molar-refractivity contribution in [3.8, 4) is 0 Å². The molecule has 0 saturated carbocycles. The third-order valence-corrected chi connectivity index (χ3v) is 14.2. The van der Waals surface area contributed by atoms with Gasteiger partial charge in [-0.05, 0) is 37.5 Å². The SMILES string of the molecule is CCCCCCCCCCCCCCCCC(CC)CN(CCCCCC)C(=S)[S-].CCCCCCCCCCCCCCCCC(CC)CN(CCCCCC)C(=S)[S-].[Mo].[S-2].[S-2]. The summed E-state index contributed by atoms with van der Waals surface area (Å²) in [5.74, 6) is 1.52. The minimum atomic E-state index is 0. The summed E-state index contributed by atoms with van der Waals surface area (Å²) in [6.45, 7) is 18.1. The molecule has 382 valence electrons. The quantitative estimate of drug-likeness (QED) is 0.0258. The second-order valence-electron chi connectivity index (χ2n) is 18.9. The molecule has 0 aliphatic carbocycles. The minimum absolute atomic E-state index is 0. The Morgan fingerprint density at radius 2 is 0.524 bits per heavy atom. The van der Waals surface area contributed by atoms with Crippen LogP contribution in [-0.2, 0) is 73.3 Å². The van der Waals surface area contributed by atoms with E-state index in [1.54, 1.807) is 0 Å². The molecule has 0 N–H and O–H groups in total. The van der Waals surface area contributed by atoms with Gasteiger partial charge in [-0.1, -0.05) is 281 Å². The molecule has 0 bridgehead atoms. The van der Waals surface area contributed by atoms with Gasteiger partial charge in [0.2, 0.25) is 0 Å². The van der Waals surface area contributed by atoms with Crippen molar-refractivity contribution in [2.45, 2.75) is 298 Å². The summed E-state index contributed by atoms with van der Waals surface area (Å²) in [6, 6.07) is 0. The fraction of sp³-hybridized carbons (Fsp3) is 0.963. The van der Waals surface area contributed by atoms with E-state index < -0.39 is 0 Å². The van der Waals surface area contributed by atoms with Gasteiger partial charge in [0.25, 0.3) is 0 Å². The largest absolute Gasteiger partial charge is 2.00 e. The van der Waals surface area contributed by atoms with Gasteiger partial charge < -0.3 is 86.5 Å². The van der Waals surface area contributed by atoms with Crippen LogP contribution in [0.1, 0.15) is 298 Å². The minimum Gasteiger partial charge on any atom is -2.00 e. The smallest absolute Gasteiger partial charge is 0.0190 e. The Morgan fingerprint density at radius 3 is 0.714 bits per heavy atom. The molecule has 0 aromatic heterocycles. The van der Waals surface area contributed by atoms with Gasteiger partial charge in [-0.25, -0.2) is 0 Å². The van der Waals surface area contributed by atoms with Crippen LogP contribution in [0.15, 0.2) is 0 Å². The van der Waals surface area contributed by atoms with Gasteiger partial charge in [0.05, 0.1) is 0 Å². The van der Waals surface area contributed by atoms with Crippen LogP contribution in [0.25, 0.3) is 0 Å². The van der Waals surface area contributed by atoms with E-state index in [1.807, 2.05) is 0 Å². The Hall–Kier alpha value is 1.61. The molecule has 0 aromatic carbocycles. The number of rotatable bonds is 46. The van der Waals surface area contributed by atoms with Crippen molar-refractivity contribution in [1.29, 1.82) is 0 Å². The topological polar surface area (TPSA) is 6.48 Å². The molecule has 0 rings (SSSR count). The predicted molar refractivity (Wildman–Crippen MR) is 304 cm³/mol. The molecule has 0 aliphatic rings. The van der Waals surface area contributed by atoms with Crippen molar-refractivity contribution in [1.82, 2.24) is 9.80 Å². The maximum absolute atomic E-state index is 5.35. The molecule has 0 aliphatic heterocycles. The summed E-state index contributed by atoms with van der Waals surface area (Å²) in [6.07, 6.45) is 55.7. The Bertz CT molecular complexity index is 800. The molecule has 0 heterocycles. The van der Waals surface area contributed by atoms with Crippen molar-refractivity contribution in [2.24, 2.45) is 11.8 Å². The molecule has 0 fully saturated rings. The van der Waals surface area contributed by atoms with E-state index in [9.17, 15) is 0 Å². The van der Waals surface area contributed by atoms with Crippen LogP contribution < -0.4 is 0 Å².